The highest BCUT2D eigenvalue weighted by atomic mass is 16.6. The number of ether oxygens (including phenoxy) is 1. The van der Waals surface area contributed by atoms with Crippen LogP contribution < -0.4 is 5.32 Å². The van der Waals surface area contributed by atoms with Gasteiger partial charge in [-0.1, -0.05) is 13.0 Å². The van der Waals surface area contributed by atoms with E-state index >= 15 is 0 Å². The number of benzene rings is 1. The van der Waals surface area contributed by atoms with Gasteiger partial charge in [-0.3, -0.25) is 15.0 Å². The highest BCUT2D eigenvalue weighted by Crippen LogP contribution is 2.26. The van der Waals surface area contributed by atoms with Crippen molar-refractivity contribution in [2.24, 2.45) is 0 Å². The van der Waals surface area contributed by atoms with Crippen LogP contribution in [0.4, 0.5) is 11.4 Å². The third-order valence-electron chi connectivity index (χ3n) is 3.10. The van der Waals surface area contributed by atoms with Crippen molar-refractivity contribution in [1.82, 2.24) is 4.90 Å². The van der Waals surface area contributed by atoms with Crippen molar-refractivity contribution in [2.75, 3.05) is 38.7 Å². The number of hydrogen-bond donors (Lipinski definition) is 1. The van der Waals surface area contributed by atoms with Gasteiger partial charge in [0.2, 0.25) is 0 Å². The molecule has 0 aliphatic heterocycles. The van der Waals surface area contributed by atoms with Crippen molar-refractivity contribution in [3.63, 3.8) is 0 Å². The van der Waals surface area contributed by atoms with Crippen molar-refractivity contribution in [1.29, 1.82) is 0 Å². The van der Waals surface area contributed by atoms with Crippen LogP contribution in [0.5, 0.6) is 0 Å². The van der Waals surface area contributed by atoms with E-state index in [4.69, 9.17) is 4.74 Å². The molecule has 0 radical (unpaired) electrons. The molecule has 0 unspecified atom stereocenters. The molecule has 118 valence electrons. The van der Waals surface area contributed by atoms with E-state index in [9.17, 15) is 10.1 Å². The molecular weight excluding hydrogens is 270 g/mol. The molecular formula is C15H25N3O3. The normalized spacial score (nSPS) is 10.9. The Morgan fingerprint density at radius 1 is 1.38 bits per heavy atom. The van der Waals surface area contributed by atoms with Gasteiger partial charge in [0.25, 0.3) is 5.69 Å². The molecule has 0 heterocycles. The van der Waals surface area contributed by atoms with Crippen LogP contribution in [0.3, 0.4) is 0 Å². The average molecular weight is 295 g/mol. The lowest BCUT2D eigenvalue weighted by Gasteiger charge is -2.17. The average Bonchev–Trinajstić information content (AvgIpc) is 2.46. The van der Waals surface area contributed by atoms with E-state index in [1.54, 1.807) is 12.1 Å². The zero-order valence-corrected chi connectivity index (χ0v) is 13.1. The largest absolute Gasteiger partial charge is 0.380 e. The number of hydrogen-bond acceptors (Lipinski definition) is 5. The van der Waals surface area contributed by atoms with E-state index in [1.165, 1.54) is 0 Å². The molecule has 0 saturated heterocycles. The van der Waals surface area contributed by atoms with Gasteiger partial charge in [-0.15, -0.1) is 0 Å². The van der Waals surface area contributed by atoms with Crippen LogP contribution in [0.2, 0.25) is 0 Å². The van der Waals surface area contributed by atoms with Gasteiger partial charge in [-0.2, -0.15) is 0 Å². The van der Waals surface area contributed by atoms with E-state index in [2.05, 4.69) is 10.2 Å². The number of nitrogens with zero attached hydrogens (tertiary/aromatic N) is 2. The maximum Gasteiger partial charge on any atom is 0.292 e. The number of likely N-dealkylation sites (N-methyl/N-ethyl adjacent to an activating group) is 1. The lowest BCUT2D eigenvalue weighted by atomic mass is 10.1. The Morgan fingerprint density at radius 2 is 2.14 bits per heavy atom. The molecule has 0 aromatic heterocycles. The summed E-state index contributed by atoms with van der Waals surface area (Å²) in [6.45, 7) is 7.57. The quantitative estimate of drug-likeness (QED) is 0.408. The molecule has 6 heteroatoms. The molecule has 0 spiro atoms. The summed E-state index contributed by atoms with van der Waals surface area (Å²) in [4.78, 5) is 12.9. The molecule has 0 bridgehead atoms. The van der Waals surface area contributed by atoms with Gasteiger partial charge >= 0.3 is 0 Å². The van der Waals surface area contributed by atoms with Gasteiger partial charge in [0.1, 0.15) is 5.69 Å². The summed E-state index contributed by atoms with van der Waals surface area (Å²) in [5.74, 6) is 0. The Morgan fingerprint density at radius 3 is 2.76 bits per heavy atom. The van der Waals surface area contributed by atoms with E-state index < -0.39 is 0 Å². The summed E-state index contributed by atoms with van der Waals surface area (Å²) in [6.07, 6.45) is 0.930. The highest BCUT2D eigenvalue weighted by molar-refractivity contribution is 5.62. The number of anilines is 1. The smallest absolute Gasteiger partial charge is 0.292 e. The Bertz CT molecular complexity index is 452. The van der Waals surface area contributed by atoms with Gasteiger partial charge in [0, 0.05) is 32.3 Å². The molecule has 21 heavy (non-hydrogen) atoms. The van der Waals surface area contributed by atoms with E-state index in [-0.39, 0.29) is 10.6 Å². The first kappa shape index (κ1) is 17.4. The Kier molecular flexibility index (Phi) is 7.71. The maximum absolute atomic E-state index is 11.2. The fourth-order valence-corrected chi connectivity index (χ4v) is 1.99. The zero-order valence-electron chi connectivity index (χ0n) is 13.1. The third-order valence-corrected chi connectivity index (χ3v) is 3.10. The van der Waals surface area contributed by atoms with Crippen molar-refractivity contribution in [3.05, 3.63) is 33.9 Å². The molecule has 0 aliphatic carbocycles. The molecule has 0 fully saturated rings. The lowest BCUT2D eigenvalue weighted by molar-refractivity contribution is -0.384. The minimum Gasteiger partial charge on any atom is -0.380 e. The first-order valence-corrected chi connectivity index (χ1v) is 7.36. The van der Waals surface area contributed by atoms with Crippen LogP contribution in [-0.4, -0.2) is 43.2 Å². The third kappa shape index (κ3) is 6.10. The van der Waals surface area contributed by atoms with Crippen LogP contribution in [0.1, 0.15) is 25.8 Å². The molecule has 0 amide bonds. The predicted octanol–water partition coefficient (Wildman–Crippen LogP) is 2.89. The topological polar surface area (TPSA) is 67.6 Å². The number of nitro groups is 1. The van der Waals surface area contributed by atoms with Crippen LogP contribution >= 0.6 is 0 Å². The summed E-state index contributed by atoms with van der Waals surface area (Å²) in [7, 11) is 1.98. The Labute approximate surface area is 126 Å². The van der Waals surface area contributed by atoms with Crippen LogP contribution in [0, 0.1) is 10.1 Å². The summed E-state index contributed by atoms with van der Waals surface area (Å²) >= 11 is 0. The van der Waals surface area contributed by atoms with Gasteiger partial charge in [0.15, 0.2) is 0 Å². The monoisotopic (exact) mass is 295 g/mol. The fraction of sp³-hybridized carbons (Fsp3) is 0.600. The zero-order chi connectivity index (χ0) is 15.7. The van der Waals surface area contributed by atoms with E-state index in [1.807, 2.05) is 27.0 Å². The number of nitrogens with one attached hydrogen (secondary N) is 1. The molecule has 6 nitrogen and oxygen atoms in total. The fourth-order valence-electron chi connectivity index (χ4n) is 1.99. The second-order valence-corrected chi connectivity index (χ2v) is 4.97. The second kappa shape index (κ2) is 9.31. The standard InChI is InChI=1S/C15H25N3O3/c1-4-8-16-14-7-6-13(11-15(14)18(19)20)12-17(3)9-10-21-5-2/h6-7,11,16H,4-5,8-10,12H2,1-3H3. The maximum atomic E-state index is 11.2. The first-order chi connectivity index (χ1) is 10.1. The molecule has 0 saturated carbocycles. The molecule has 0 aliphatic rings. The van der Waals surface area contributed by atoms with Crippen LogP contribution in [0.15, 0.2) is 18.2 Å². The Hall–Kier alpha value is -1.66. The summed E-state index contributed by atoms with van der Waals surface area (Å²) in [5.41, 5.74) is 1.66. The minimum atomic E-state index is -0.332. The summed E-state index contributed by atoms with van der Waals surface area (Å²) < 4.78 is 5.31. The number of nitro benzene ring substituents is 1. The van der Waals surface area contributed by atoms with Gasteiger partial charge in [-0.25, -0.2) is 0 Å². The molecule has 1 aromatic rings. The number of rotatable bonds is 10. The minimum absolute atomic E-state index is 0.138. The molecule has 1 aromatic carbocycles. The van der Waals surface area contributed by atoms with Crippen molar-refractivity contribution < 1.29 is 9.66 Å². The predicted molar refractivity (Wildman–Crippen MR) is 84.7 cm³/mol. The first-order valence-electron chi connectivity index (χ1n) is 7.36. The van der Waals surface area contributed by atoms with Crippen LogP contribution in [-0.2, 0) is 11.3 Å². The molecule has 1 rings (SSSR count). The SMILES string of the molecule is CCCNc1ccc(CN(C)CCOCC)cc1[N+](=O)[O-]. The van der Waals surface area contributed by atoms with Gasteiger partial charge in [0.05, 0.1) is 11.5 Å². The molecule has 1 N–H and O–H groups in total. The van der Waals surface area contributed by atoms with Gasteiger partial charge < -0.3 is 10.1 Å². The lowest BCUT2D eigenvalue weighted by Crippen LogP contribution is -2.22. The highest BCUT2D eigenvalue weighted by Gasteiger charge is 2.14. The second-order valence-electron chi connectivity index (χ2n) is 4.97. The van der Waals surface area contributed by atoms with E-state index in [0.717, 1.165) is 25.1 Å². The summed E-state index contributed by atoms with van der Waals surface area (Å²) in [6, 6.07) is 5.37. The van der Waals surface area contributed by atoms with Gasteiger partial charge in [-0.05, 0) is 32.0 Å². The Balaban J connectivity index is 2.71. The van der Waals surface area contributed by atoms with Crippen molar-refractivity contribution >= 4 is 11.4 Å². The van der Waals surface area contributed by atoms with E-state index in [0.29, 0.717) is 25.4 Å². The summed E-state index contributed by atoms with van der Waals surface area (Å²) in [5, 5.41) is 14.3. The van der Waals surface area contributed by atoms with Crippen molar-refractivity contribution in [2.45, 2.75) is 26.8 Å². The van der Waals surface area contributed by atoms with Crippen LogP contribution in [0.25, 0.3) is 0 Å². The molecule has 0 atom stereocenters. The van der Waals surface area contributed by atoms with Crippen molar-refractivity contribution in [3.8, 4) is 0 Å².